The van der Waals surface area contributed by atoms with Gasteiger partial charge in [0.25, 0.3) is 17.9 Å². The van der Waals surface area contributed by atoms with Crippen LogP contribution in [0.15, 0.2) is 34.9 Å². The van der Waals surface area contributed by atoms with Crippen molar-refractivity contribution in [1.82, 2.24) is 20.0 Å². The van der Waals surface area contributed by atoms with Crippen molar-refractivity contribution < 1.29 is 51.0 Å². The second kappa shape index (κ2) is 13.0. The summed E-state index contributed by atoms with van der Waals surface area (Å²) in [5.41, 5.74) is 10.7. The molecule has 1 saturated heterocycles. The Bertz CT molecular complexity index is 1830. The number of nitrogens with zero attached hydrogens (tertiary/aromatic N) is 5. The van der Waals surface area contributed by atoms with E-state index in [1.165, 1.54) is 19.2 Å². The van der Waals surface area contributed by atoms with Crippen LogP contribution < -0.4 is 26.2 Å². The van der Waals surface area contributed by atoms with Gasteiger partial charge in [-0.15, -0.1) is 20.3 Å². The first kappa shape index (κ1) is 34.0. The molecule has 3 heterocycles. The molecule has 0 bridgehead atoms. The first-order valence-electron chi connectivity index (χ1n) is 14.4. The van der Waals surface area contributed by atoms with Crippen LogP contribution in [0.3, 0.4) is 0 Å². The number of carbonyl (C=O) groups excluding carboxylic acids is 2. The lowest BCUT2D eigenvalue weighted by Gasteiger charge is -2.50. The molecule has 0 spiro atoms. The number of aliphatic carboxylic acids is 1. The Morgan fingerprint density at radius 2 is 1.98 bits per heavy atom. The van der Waals surface area contributed by atoms with Crippen LogP contribution in [0.1, 0.15) is 51.3 Å². The number of nitrogens with one attached hydrogen (secondary N) is 1. The Morgan fingerprint density at radius 1 is 1.28 bits per heavy atom. The minimum atomic E-state index is -5.01. The van der Waals surface area contributed by atoms with Crippen molar-refractivity contribution >= 4 is 61.3 Å². The number of oxime groups is 1. The molecule has 18 nitrogen and oxygen atoms in total. The number of ether oxygens (including phenoxy) is 1. The highest BCUT2D eigenvalue weighted by atomic mass is 32.3. The zero-order valence-corrected chi connectivity index (χ0v) is 27.2. The topological polar surface area (TPSA) is 255 Å². The molecule has 2 fully saturated rings. The summed E-state index contributed by atoms with van der Waals surface area (Å²) in [6.45, 7) is 2.26. The highest BCUT2D eigenvalue weighted by molar-refractivity contribution is 7.80. The Morgan fingerprint density at radius 3 is 2.57 bits per heavy atom. The van der Waals surface area contributed by atoms with E-state index in [-0.39, 0.29) is 16.9 Å². The van der Waals surface area contributed by atoms with Gasteiger partial charge in [-0.1, -0.05) is 5.16 Å². The lowest BCUT2D eigenvalue weighted by molar-refractivity contribution is -0.795. The van der Waals surface area contributed by atoms with Crippen molar-refractivity contribution in [3.05, 3.63) is 35.5 Å². The van der Waals surface area contributed by atoms with Crippen molar-refractivity contribution in [1.29, 1.82) is 0 Å². The van der Waals surface area contributed by atoms with E-state index in [1.54, 1.807) is 12.1 Å². The van der Waals surface area contributed by atoms with Crippen LogP contribution in [0, 0.1) is 0 Å². The fourth-order valence-corrected chi connectivity index (χ4v) is 6.55. The van der Waals surface area contributed by atoms with Crippen LogP contribution in [0.4, 0.5) is 5.13 Å². The smallest absolute Gasteiger partial charge is 0.418 e. The quantitative estimate of drug-likeness (QED) is 0.0552. The Balaban J connectivity index is 1.29. The van der Waals surface area contributed by atoms with E-state index in [2.05, 4.69) is 29.1 Å². The predicted octanol–water partition coefficient (Wildman–Crippen LogP) is 0.0398. The number of aryl methyl sites for hydroxylation is 1. The van der Waals surface area contributed by atoms with Crippen LogP contribution in [0.5, 0.6) is 5.75 Å². The highest BCUT2D eigenvalue weighted by Gasteiger charge is 2.58. The van der Waals surface area contributed by atoms with Gasteiger partial charge in [-0.2, -0.15) is 18.2 Å². The fraction of sp³-hybridized carbons (Fsp3) is 0.481. The third kappa shape index (κ3) is 7.30. The van der Waals surface area contributed by atoms with Crippen molar-refractivity contribution in [2.75, 3.05) is 12.3 Å². The maximum Gasteiger partial charge on any atom is 0.418 e. The number of amides is 2. The summed E-state index contributed by atoms with van der Waals surface area (Å²) in [4.78, 5) is 47.1. The lowest BCUT2D eigenvalue weighted by atomic mass is 9.84. The maximum absolute atomic E-state index is 13.3. The third-order valence-electron chi connectivity index (χ3n) is 8.13. The van der Waals surface area contributed by atoms with E-state index in [0.29, 0.717) is 16.9 Å². The largest absolute Gasteiger partial charge is 0.489 e. The second-order valence-corrected chi connectivity index (χ2v) is 13.7. The van der Waals surface area contributed by atoms with Crippen LogP contribution >= 0.6 is 11.3 Å². The molecule has 20 heteroatoms. The molecule has 1 aliphatic carbocycles. The van der Waals surface area contributed by atoms with E-state index in [1.807, 2.05) is 19.3 Å². The summed E-state index contributed by atoms with van der Waals surface area (Å²) in [5.74, 6) is -3.05. The van der Waals surface area contributed by atoms with Gasteiger partial charge in [-0.25, -0.2) is 9.78 Å². The molecule has 2 aromatic heterocycles. The third-order valence-corrected chi connectivity index (χ3v) is 9.14. The average Bonchev–Trinajstić information content (AvgIpc) is 3.58. The number of carbonyl (C=O) groups is 3. The molecule has 7 N–H and O–H groups in total. The van der Waals surface area contributed by atoms with Gasteiger partial charge in [0.1, 0.15) is 29.6 Å². The van der Waals surface area contributed by atoms with Crippen molar-refractivity contribution in [2.45, 2.75) is 69.3 Å². The minimum Gasteiger partial charge on any atom is -0.489 e. The summed E-state index contributed by atoms with van der Waals surface area (Å²) < 4.78 is 45.5. The molecule has 2 amide bonds. The van der Waals surface area contributed by atoms with Crippen LogP contribution in [0.2, 0.25) is 0 Å². The number of benzene rings is 1. The van der Waals surface area contributed by atoms with Gasteiger partial charge >= 0.3 is 16.4 Å². The minimum absolute atomic E-state index is 0.0658. The molecule has 5 rings (SSSR count). The van der Waals surface area contributed by atoms with Gasteiger partial charge in [-0.3, -0.25) is 14.1 Å². The Labute approximate surface area is 272 Å². The molecule has 47 heavy (non-hydrogen) atoms. The molecule has 3 aromatic rings. The molecular formula is C27H35N8O10S2+. The number of fused-ring (bicyclic) bond motifs is 1. The maximum atomic E-state index is 13.3. The lowest BCUT2D eigenvalue weighted by Crippen LogP contribution is -2.76. The van der Waals surface area contributed by atoms with Crippen LogP contribution in [0.25, 0.3) is 10.9 Å². The van der Waals surface area contributed by atoms with Gasteiger partial charge in [0.05, 0.1) is 18.0 Å². The molecule has 2 atom stereocenters. The number of hydroxylamine groups is 2. The van der Waals surface area contributed by atoms with E-state index in [4.69, 9.17) is 25.6 Å². The van der Waals surface area contributed by atoms with Crippen LogP contribution in [-0.2, 0) is 41.0 Å². The van der Waals surface area contributed by atoms with E-state index >= 15 is 0 Å². The van der Waals surface area contributed by atoms with Gasteiger partial charge in [-0.05, 0) is 44.9 Å². The van der Waals surface area contributed by atoms with Gasteiger partial charge in [0, 0.05) is 24.3 Å². The molecule has 0 radical (unpaired) electrons. The van der Waals surface area contributed by atoms with Crippen molar-refractivity contribution in [2.24, 2.45) is 17.9 Å². The highest BCUT2D eigenvalue weighted by Crippen LogP contribution is 2.33. The molecule has 254 valence electrons. The molecule has 1 aromatic carbocycles. The second-order valence-electron chi connectivity index (χ2n) is 11.8. The molecule has 2 aliphatic rings. The van der Waals surface area contributed by atoms with Gasteiger partial charge < -0.3 is 31.5 Å². The SMILES string of the molecule is Cn1c2ccc(OC[C@H](O/N=C(\C(=O)N[C@@H]3C(=O)N(OS(=O)(=O)O)C3(C)C)c3csc(N)n3)C(=O)O)cc2c[n+]1C1CCC(N)CC1. The first-order valence-corrected chi connectivity index (χ1v) is 16.7. The number of nitrogens with two attached hydrogens (primary N) is 2. The number of hydrogen-bond acceptors (Lipinski definition) is 13. The van der Waals surface area contributed by atoms with Crippen molar-refractivity contribution in [3.8, 4) is 5.75 Å². The van der Waals surface area contributed by atoms with E-state index < -0.39 is 58.2 Å². The number of carboxylic acids is 1. The Hall–Kier alpha value is -4.37. The van der Waals surface area contributed by atoms with E-state index in [9.17, 15) is 27.9 Å². The van der Waals surface area contributed by atoms with Crippen molar-refractivity contribution in [3.63, 3.8) is 0 Å². The Kier molecular flexibility index (Phi) is 9.42. The zero-order valence-electron chi connectivity index (χ0n) is 25.6. The number of rotatable bonds is 12. The fourth-order valence-electron chi connectivity index (χ4n) is 5.55. The monoisotopic (exact) mass is 695 g/mol. The molecule has 1 aliphatic heterocycles. The predicted molar refractivity (Wildman–Crippen MR) is 165 cm³/mol. The number of anilines is 1. The molecular weight excluding hydrogens is 660 g/mol. The zero-order chi connectivity index (χ0) is 34.3. The van der Waals surface area contributed by atoms with Gasteiger partial charge in [0.2, 0.25) is 6.20 Å². The van der Waals surface area contributed by atoms with E-state index in [0.717, 1.165) is 47.9 Å². The summed E-state index contributed by atoms with van der Waals surface area (Å²) >= 11 is 0.967. The van der Waals surface area contributed by atoms with Gasteiger partial charge in [0.15, 0.2) is 16.9 Å². The number of nitrogen functional groups attached to an aromatic ring is 1. The summed E-state index contributed by atoms with van der Waals surface area (Å²) in [6, 6.07) is 4.57. The summed E-state index contributed by atoms with van der Waals surface area (Å²) in [6.07, 6.45) is 4.20. The average molecular weight is 696 g/mol. The molecule has 0 unspecified atom stereocenters. The normalized spacial score (nSPS) is 22.1. The number of hydrogen-bond donors (Lipinski definition) is 5. The van der Waals surface area contributed by atoms with Crippen LogP contribution in [-0.4, -0.2) is 86.6 Å². The first-order chi connectivity index (χ1) is 22.0. The number of aromatic nitrogens is 3. The number of β-lactam (4-membered cyclic amide) rings is 1. The standard InChI is InChI=1S/C27H34N8O10S2/c1-27(2)22(24(37)35(27)45-47(40,41)42)31-23(36)21(18-13-46-26(29)30-18)32-44-20(25(38)39)12-43-17-8-9-19-14(10-17)11-34(33(19)3)16-6-4-15(28)5-7-16/h8-11,13,15-16,20,22H,4-7,12,28H2,1-3H3,(H4-,29,30,31,36,38,39,40,41,42)/p+1/b32-21-/t15?,16?,20-,22+/m0/s1. The number of carboxylic acid groups (broad SMARTS) is 1. The number of thiazole rings is 1. The molecule has 1 saturated carbocycles. The summed E-state index contributed by atoms with van der Waals surface area (Å²) in [7, 11) is -3.04. The summed E-state index contributed by atoms with van der Waals surface area (Å²) in [5, 5.41) is 18.7.